The highest BCUT2D eigenvalue weighted by Gasteiger charge is 2.33. The van der Waals surface area contributed by atoms with Gasteiger partial charge in [0.25, 0.3) is 0 Å². The molecule has 1 amide bonds. The molecule has 0 radical (unpaired) electrons. The van der Waals surface area contributed by atoms with Crippen molar-refractivity contribution < 1.29 is 9.53 Å². The average molecular weight is 192 g/mol. The van der Waals surface area contributed by atoms with Crippen molar-refractivity contribution in [3.63, 3.8) is 0 Å². The Labute approximate surface area is 77.6 Å². The first-order valence-electron chi connectivity index (χ1n) is 4.19. The van der Waals surface area contributed by atoms with Gasteiger partial charge in [0.05, 0.1) is 12.6 Å². The average Bonchev–Trinajstić information content (AvgIpc) is 2.45. The zero-order valence-electron chi connectivity index (χ0n) is 7.42. The van der Waals surface area contributed by atoms with E-state index >= 15 is 0 Å². The van der Waals surface area contributed by atoms with Crippen LogP contribution in [-0.4, -0.2) is 35.6 Å². The summed E-state index contributed by atoms with van der Waals surface area (Å²) < 4.78 is 5.40. The Balaban J connectivity index is 2.63. The number of carbonyl (C=O) groups excluding carboxylic acids is 1. The van der Waals surface area contributed by atoms with E-state index in [1.54, 1.807) is 4.90 Å². The summed E-state index contributed by atoms with van der Waals surface area (Å²) in [5, 5.41) is 0. The summed E-state index contributed by atoms with van der Waals surface area (Å²) in [7, 11) is 0. The molecule has 0 bridgehead atoms. The summed E-state index contributed by atoms with van der Waals surface area (Å²) in [6.07, 6.45) is 0.763. The maximum Gasteiger partial charge on any atom is 0.239 e. The molecule has 0 saturated carbocycles. The van der Waals surface area contributed by atoms with Crippen LogP contribution in [0.15, 0.2) is 0 Å². The molecule has 4 heteroatoms. The first-order chi connectivity index (χ1) is 5.70. The molecular weight excluding hydrogens is 178 g/mol. The molecule has 1 aliphatic rings. The van der Waals surface area contributed by atoms with Crippen LogP contribution >= 0.6 is 11.6 Å². The van der Waals surface area contributed by atoms with Gasteiger partial charge >= 0.3 is 0 Å². The van der Waals surface area contributed by atoms with Crippen LogP contribution < -0.4 is 0 Å². The van der Waals surface area contributed by atoms with Gasteiger partial charge in [-0.15, -0.1) is 11.6 Å². The van der Waals surface area contributed by atoms with Crippen LogP contribution in [-0.2, 0) is 9.53 Å². The minimum Gasteiger partial charge on any atom is -0.356 e. The van der Waals surface area contributed by atoms with Crippen molar-refractivity contribution >= 4 is 17.5 Å². The maximum atomic E-state index is 11.3. The fourth-order valence-corrected chi connectivity index (χ4v) is 1.62. The van der Waals surface area contributed by atoms with E-state index in [2.05, 4.69) is 0 Å². The number of rotatable bonds is 2. The van der Waals surface area contributed by atoms with Crippen LogP contribution in [0.5, 0.6) is 0 Å². The highest BCUT2D eigenvalue weighted by molar-refractivity contribution is 6.27. The van der Waals surface area contributed by atoms with E-state index in [4.69, 9.17) is 16.3 Å². The quantitative estimate of drug-likeness (QED) is 0.614. The van der Waals surface area contributed by atoms with Crippen molar-refractivity contribution in [2.45, 2.75) is 32.5 Å². The second-order valence-electron chi connectivity index (χ2n) is 2.98. The molecule has 0 spiro atoms. The van der Waals surface area contributed by atoms with E-state index in [0.717, 1.165) is 6.42 Å². The first-order valence-corrected chi connectivity index (χ1v) is 4.72. The standard InChI is InChI=1S/C8H14ClNO2/c1-3-8-10(7(11)4-9)6(2)5-12-8/h6,8H,3-5H2,1-2H3. The second-order valence-corrected chi connectivity index (χ2v) is 3.25. The van der Waals surface area contributed by atoms with Crippen molar-refractivity contribution in [1.82, 2.24) is 4.90 Å². The van der Waals surface area contributed by atoms with Gasteiger partial charge in [0.2, 0.25) is 5.91 Å². The number of hydrogen-bond donors (Lipinski definition) is 0. The summed E-state index contributed by atoms with van der Waals surface area (Å²) in [6, 6.07) is 0.168. The number of ether oxygens (including phenoxy) is 1. The molecule has 1 aliphatic heterocycles. The molecule has 2 atom stereocenters. The highest BCUT2D eigenvalue weighted by atomic mass is 35.5. The second kappa shape index (κ2) is 4.10. The molecule has 1 heterocycles. The van der Waals surface area contributed by atoms with Crippen LogP contribution in [0.1, 0.15) is 20.3 Å². The number of hydrogen-bond acceptors (Lipinski definition) is 2. The molecular formula is C8H14ClNO2. The van der Waals surface area contributed by atoms with E-state index in [1.165, 1.54) is 0 Å². The number of alkyl halides is 1. The van der Waals surface area contributed by atoms with Crippen LogP contribution in [0.25, 0.3) is 0 Å². The first kappa shape index (κ1) is 9.81. The molecule has 0 aromatic rings. The van der Waals surface area contributed by atoms with Gasteiger partial charge in [0.15, 0.2) is 0 Å². The minimum absolute atomic E-state index is 0.0338. The molecule has 0 N–H and O–H groups in total. The molecule has 1 saturated heterocycles. The van der Waals surface area contributed by atoms with Gasteiger partial charge in [-0.1, -0.05) is 6.92 Å². The van der Waals surface area contributed by atoms with Crippen LogP contribution in [0.2, 0.25) is 0 Å². The fourth-order valence-electron chi connectivity index (χ4n) is 1.48. The zero-order chi connectivity index (χ0) is 9.14. The van der Waals surface area contributed by atoms with E-state index < -0.39 is 0 Å². The lowest BCUT2D eigenvalue weighted by atomic mass is 10.3. The predicted molar refractivity (Wildman–Crippen MR) is 47.1 cm³/mol. The molecule has 1 fully saturated rings. The van der Waals surface area contributed by atoms with E-state index in [0.29, 0.717) is 6.61 Å². The van der Waals surface area contributed by atoms with Crippen molar-refractivity contribution in [1.29, 1.82) is 0 Å². The number of halogens is 1. The lowest BCUT2D eigenvalue weighted by molar-refractivity contribution is -0.134. The lowest BCUT2D eigenvalue weighted by Crippen LogP contribution is -2.41. The van der Waals surface area contributed by atoms with Crippen molar-refractivity contribution in [3.8, 4) is 0 Å². The Morgan fingerprint density at radius 2 is 2.42 bits per heavy atom. The van der Waals surface area contributed by atoms with Gasteiger partial charge < -0.3 is 9.64 Å². The fraction of sp³-hybridized carbons (Fsp3) is 0.875. The normalized spacial score (nSPS) is 29.4. The Kier molecular flexibility index (Phi) is 3.35. The molecule has 0 aromatic carbocycles. The van der Waals surface area contributed by atoms with Gasteiger partial charge in [-0.2, -0.15) is 0 Å². The summed E-state index contributed by atoms with van der Waals surface area (Å²) in [4.78, 5) is 13.0. The minimum atomic E-state index is -0.0637. The van der Waals surface area contributed by atoms with Gasteiger partial charge in [-0.05, 0) is 13.3 Å². The summed E-state index contributed by atoms with van der Waals surface area (Å²) >= 11 is 5.47. The largest absolute Gasteiger partial charge is 0.356 e. The molecule has 0 aromatic heterocycles. The van der Waals surface area contributed by atoms with Crippen LogP contribution in [0, 0.1) is 0 Å². The smallest absolute Gasteiger partial charge is 0.239 e. The third-order valence-electron chi connectivity index (χ3n) is 2.07. The van der Waals surface area contributed by atoms with Crippen molar-refractivity contribution in [2.75, 3.05) is 12.5 Å². The van der Waals surface area contributed by atoms with Crippen molar-refractivity contribution in [2.24, 2.45) is 0 Å². The van der Waals surface area contributed by atoms with Crippen LogP contribution in [0.3, 0.4) is 0 Å². The zero-order valence-corrected chi connectivity index (χ0v) is 8.17. The SMILES string of the molecule is CCC1OCC(C)N1C(=O)CCl. The highest BCUT2D eigenvalue weighted by Crippen LogP contribution is 2.19. The molecule has 2 unspecified atom stereocenters. The maximum absolute atomic E-state index is 11.3. The van der Waals surface area contributed by atoms with Crippen molar-refractivity contribution in [3.05, 3.63) is 0 Å². The summed E-state index contributed by atoms with van der Waals surface area (Å²) in [5.74, 6) is 0.0121. The number of amides is 1. The predicted octanol–water partition coefficient (Wildman–Crippen LogP) is 1.21. The molecule has 1 rings (SSSR count). The molecule has 12 heavy (non-hydrogen) atoms. The lowest BCUT2D eigenvalue weighted by Gasteiger charge is -2.24. The van der Waals surface area contributed by atoms with E-state index in [1.807, 2.05) is 13.8 Å². The van der Waals surface area contributed by atoms with E-state index in [-0.39, 0.29) is 24.1 Å². The van der Waals surface area contributed by atoms with Crippen LogP contribution in [0.4, 0.5) is 0 Å². The van der Waals surface area contributed by atoms with E-state index in [9.17, 15) is 4.79 Å². The van der Waals surface area contributed by atoms with Gasteiger partial charge in [-0.25, -0.2) is 0 Å². The molecule has 0 aliphatic carbocycles. The number of carbonyl (C=O) groups is 1. The Hall–Kier alpha value is -0.280. The Morgan fingerprint density at radius 1 is 1.75 bits per heavy atom. The third kappa shape index (κ3) is 1.72. The Morgan fingerprint density at radius 3 is 2.92 bits per heavy atom. The third-order valence-corrected chi connectivity index (χ3v) is 2.30. The monoisotopic (exact) mass is 191 g/mol. The van der Waals surface area contributed by atoms with Gasteiger partial charge in [0, 0.05) is 0 Å². The topological polar surface area (TPSA) is 29.5 Å². The summed E-state index contributed by atoms with van der Waals surface area (Å²) in [5.41, 5.74) is 0. The van der Waals surface area contributed by atoms with Gasteiger partial charge in [0.1, 0.15) is 12.1 Å². The molecule has 70 valence electrons. The molecule has 3 nitrogen and oxygen atoms in total. The number of nitrogens with zero attached hydrogens (tertiary/aromatic N) is 1. The summed E-state index contributed by atoms with van der Waals surface area (Å²) in [6.45, 7) is 4.60. The van der Waals surface area contributed by atoms with Gasteiger partial charge in [-0.3, -0.25) is 4.79 Å². The Bertz CT molecular complexity index is 174.